The van der Waals surface area contributed by atoms with E-state index in [1.807, 2.05) is 31.2 Å². The van der Waals surface area contributed by atoms with Crippen LogP contribution in [0.2, 0.25) is 5.02 Å². The molecule has 1 amide bonds. The number of aromatic nitrogens is 1. The molecule has 1 N–H and O–H groups in total. The number of rotatable bonds is 6. The normalized spacial score (nSPS) is 15.5. The van der Waals surface area contributed by atoms with Crippen molar-refractivity contribution in [2.75, 3.05) is 18.4 Å². The summed E-state index contributed by atoms with van der Waals surface area (Å²) in [7, 11) is -3.89. The Kier molecular flexibility index (Phi) is 7.39. The van der Waals surface area contributed by atoms with Gasteiger partial charge in [-0.05, 0) is 56.5 Å². The lowest BCUT2D eigenvalue weighted by Gasteiger charge is -2.30. The van der Waals surface area contributed by atoms with Gasteiger partial charge in [0, 0.05) is 24.0 Å². The van der Waals surface area contributed by atoms with E-state index in [1.165, 1.54) is 16.4 Å². The first-order valence-electron chi connectivity index (χ1n) is 11.1. The van der Waals surface area contributed by atoms with E-state index in [2.05, 4.69) is 10.5 Å². The summed E-state index contributed by atoms with van der Waals surface area (Å²) < 4.78 is 47.5. The molecule has 1 aliphatic heterocycles. The Labute approximate surface area is 208 Å². The standard InChI is InChI=1S/C25H25ClFN3O4S/c1-16-3-5-18(6-4-16)7-10-23-24(17(2)29-34-23)35(32,33)30-13-11-19(12-14-30)25(31)28-22-9-8-20(26)15-21(22)27/h3-10,15,19H,11-14H2,1-2H3,(H,28,31)/b10-7+. The number of nitrogens with one attached hydrogen (secondary N) is 1. The van der Waals surface area contributed by atoms with Crippen LogP contribution in [0.25, 0.3) is 12.2 Å². The maximum absolute atomic E-state index is 14.0. The molecular weight excluding hydrogens is 493 g/mol. The topological polar surface area (TPSA) is 92.5 Å². The average Bonchev–Trinajstić information content (AvgIpc) is 3.21. The summed E-state index contributed by atoms with van der Waals surface area (Å²) in [5, 5.41) is 6.67. The second-order valence-corrected chi connectivity index (χ2v) is 10.8. The van der Waals surface area contributed by atoms with Gasteiger partial charge >= 0.3 is 0 Å². The fourth-order valence-corrected chi connectivity index (χ4v) is 5.84. The Bertz CT molecular complexity index is 1360. The quantitative estimate of drug-likeness (QED) is 0.479. The van der Waals surface area contributed by atoms with E-state index in [9.17, 15) is 17.6 Å². The van der Waals surface area contributed by atoms with E-state index < -0.39 is 21.8 Å². The third kappa shape index (κ3) is 5.63. The smallest absolute Gasteiger partial charge is 0.248 e. The Balaban J connectivity index is 1.45. The van der Waals surface area contributed by atoms with Gasteiger partial charge in [0.25, 0.3) is 0 Å². The molecule has 4 rings (SSSR count). The van der Waals surface area contributed by atoms with Gasteiger partial charge in [-0.25, -0.2) is 12.8 Å². The molecule has 2 aromatic carbocycles. The first-order valence-corrected chi connectivity index (χ1v) is 12.9. The van der Waals surface area contributed by atoms with Crippen LogP contribution in [0.1, 0.15) is 35.4 Å². The monoisotopic (exact) mass is 517 g/mol. The maximum Gasteiger partial charge on any atom is 0.248 e. The van der Waals surface area contributed by atoms with Gasteiger partial charge in [0.1, 0.15) is 11.5 Å². The first-order chi connectivity index (χ1) is 16.6. The Morgan fingerprint density at radius 1 is 1.14 bits per heavy atom. The second-order valence-electron chi connectivity index (χ2n) is 8.50. The number of piperidine rings is 1. The van der Waals surface area contributed by atoms with Crippen LogP contribution in [0.5, 0.6) is 0 Å². The van der Waals surface area contributed by atoms with Crippen LogP contribution in [0, 0.1) is 25.6 Å². The fraction of sp³-hybridized carbons (Fsp3) is 0.280. The van der Waals surface area contributed by atoms with Crippen molar-refractivity contribution in [3.05, 3.63) is 75.9 Å². The molecule has 0 spiro atoms. The number of benzene rings is 2. The zero-order chi connectivity index (χ0) is 25.2. The number of anilines is 1. The molecule has 3 aromatic rings. The Hall–Kier alpha value is -3.01. The van der Waals surface area contributed by atoms with Crippen LogP contribution in [-0.2, 0) is 14.8 Å². The molecule has 10 heteroatoms. The lowest BCUT2D eigenvalue weighted by molar-refractivity contribution is -0.120. The molecule has 1 aliphatic rings. The third-order valence-corrected chi connectivity index (χ3v) is 8.24. The molecule has 1 aromatic heterocycles. The molecule has 0 bridgehead atoms. The van der Waals surface area contributed by atoms with Crippen LogP contribution in [0.15, 0.2) is 51.9 Å². The van der Waals surface area contributed by atoms with Gasteiger partial charge in [-0.1, -0.05) is 52.7 Å². The van der Waals surface area contributed by atoms with Gasteiger partial charge < -0.3 is 9.84 Å². The van der Waals surface area contributed by atoms with Crippen molar-refractivity contribution < 1.29 is 22.1 Å². The van der Waals surface area contributed by atoms with Crippen LogP contribution in [0.4, 0.5) is 10.1 Å². The first kappa shape index (κ1) is 25.1. The second kappa shape index (κ2) is 10.3. The van der Waals surface area contributed by atoms with Crippen molar-refractivity contribution in [3.63, 3.8) is 0 Å². The predicted molar refractivity (Wildman–Crippen MR) is 133 cm³/mol. The summed E-state index contributed by atoms with van der Waals surface area (Å²) in [6, 6.07) is 11.8. The number of amides is 1. The largest absolute Gasteiger partial charge is 0.355 e. The number of carbonyl (C=O) groups is 1. The number of aryl methyl sites for hydroxylation is 2. The molecule has 2 heterocycles. The number of nitrogens with zero attached hydrogens (tertiary/aromatic N) is 2. The van der Waals surface area contributed by atoms with E-state index in [4.69, 9.17) is 16.1 Å². The highest BCUT2D eigenvalue weighted by Crippen LogP contribution is 2.30. The molecule has 0 atom stereocenters. The Morgan fingerprint density at radius 3 is 2.49 bits per heavy atom. The van der Waals surface area contributed by atoms with Gasteiger partial charge in [-0.3, -0.25) is 4.79 Å². The van der Waals surface area contributed by atoms with Gasteiger partial charge in [0.2, 0.25) is 15.9 Å². The van der Waals surface area contributed by atoms with Crippen LogP contribution in [0.3, 0.4) is 0 Å². The third-order valence-electron chi connectivity index (χ3n) is 5.95. The summed E-state index contributed by atoms with van der Waals surface area (Å²) >= 11 is 5.75. The van der Waals surface area contributed by atoms with Crippen molar-refractivity contribution in [1.82, 2.24) is 9.46 Å². The van der Waals surface area contributed by atoms with Gasteiger partial charge in [0.05, 0.1) is 5.69 Å². The van der Waals surface area contributed by atoms with Gasteiger partial charge in [-0.15, -0.1) is 0 Å². The maximum atomic E-state index is 14.0. The number of halogens is 2. The zero-order valence-corrected chi connectivity index (χ0v) is 20.9. The van der Waals surface area contributed by atoms with Crippen molar-refractivity contribution in [2.24, 2.45) is 5.92 Å². The van der Waals surface area contributed by atoms with Crippen LogP contribution >= 0.6 is 11.6 Å². The number of carbonyl (C=O) groups excluding carboxylic acids is 1. The van der Waals surface area contributed by atoms with E-state index in [-0.39, 0.29) is 46.1 Å². The van der Waals surface area contributed by atoms with Crippen molar-refractivity contribution in [3.8, 4) is 0 Å². The van der Waals surface area contributed by atoms with Crippen LogP contribution in [-0.4, -0.2) is 36.9 Å². The molecule has 0 aliphatic carbocycles. The minimum atomic E-state index is -3.89. The van der Waals surface area contributed by atoms with Gasteiger partial charge in [-0.2, -0.15) is 4.31 Å². The highest BCUT2D eigenvalue weighted by molar-refractivity contribution is 7.89. The van der Waals surface area contributed by atoms with E-state index >= 15 is 0 Å². The van der Waals surface area contributed by atoms with Crippen molar-refractivity contribution in [1.29, 1.82) is 0 Å². The lowest BCUT2D eigenvalue weighted by Crippen LogP contribution is -2.41. The highest BCUT2D eigenvalue weighted by Gasteiger charge is 2.36. The molecule has 0 saturated carbocycles. The van der Waals surface area contributed by atoms with E-state index in [1.54, 1.807) is 19.1 Å². The summed E-state index contributed by atoms with van der Waals surface area (Å²) in [6.45, 7) is 3.87. The number of hydrogen-bond donors (Lipinski definition) is 1. The minimum Gasteiger partial charge on any atom is -0.355 e. The SMILES string of the molecule is Cc1ccc(/C=C/c2onc(C)c2S(=O)(=O)N2CCC(C(=O)Nc3ccc(Cl)cc3F)CC2)cc1. The number of hydrogen-bond acceptors (Lipinski definition) is 5. The van der Waals surface area contributed by atoms with E-state index in [0.717, 1.165) is 17.2 Å². The van der Waals surface area contributed by atoms with Gasteiger partial charge in [0.15, 0.2) is 10.7 Å². The minimum absolute atomic E-state index is 0.0204. The highest BCUT2D eigenvalue weighted by atomic mass is 35.5. The molecule has 0 unspecified atom stereocenters. The Morgan fingerprint density at radius 2 is 1.83 bits per heavy atom. The average molecular weight is 518 g/mol. The summed E-state index contributed by atoms with van der Waals surface area (Å²) in [4.78, 5) is 12.6. The fourth-order valence-electron chi connectivity index (χ4n) is 3.96. The van der Waals surface area contributed by atoms with Crippen LogP contribution < -0.4 is 5.32 Å². The molecule has 7 nitrogen and oxygen atoms in total. The molecule has 184 valence electrons. The van der Waals surface area contributed by atoms with E-state index in [0.29, 0.717) is 12.8 Å². The van der Waals surface area contributed by atoms with Crippen molar-refractivity contribution >= 4 is 45.4 Å². The predicted octanol–water partition coefficient (Wildman–Crippen LogP) is 5.29. The summed E-state index contributed by atoms with van der Waals surface area (Å²) in [5.74, 6) is -1.27. The molecule has 1 fully saturated rings. The number of sulfonamides is 1. The molecular formula is C25H25ClFN3O4S. The zero-order valence-electron chi connectivity index (χ0n) is 19.3. The lowest BCUT2D eigenvalue weighted by atomic mass is 9.97. The van der Waals surface area contributed by atoms with Crippen molar-refractivity contribution in [2.45, 2.75) is 31.6 Å². The molecule has 35 heavy (non-hydrogen) atoms. The molecule has 1 saturated heterocycles. The molecule has 0 radical (unpaired) electrons. The summed E-state index contributed by atoms with van der Waals surface area (Å²) in [6.07, 6.45) is 3.97. The summed E-state index contributed by atoms with van der Waals surface area (Å²) in [5.41, 5.74) is 2.33.